The van der Waals surface area contributed by atoms with Crippen LogP contribution in [-0.4, -0.2) is 35.8 Å². The molecule has 30 heavy (non-hydrogen) atoms. The number of para-hydroxylation sites is 1. The van der Waals surface area contributed by atoms with Crippen molar-refractivity contribution in [2.24, 2.45) is 0 Å². The summed E-state index contributed by atoms with van der Waals surface area (Å²) in [5.74, 6) is -0.684. The van der Waals surface area contributed by atoms with Crippen LogP contribution in [-0.2, 0) is 14.8 Å². The SMILES string of the molecule is CC(OC(=O)c1ccccc1NS(C)(=O)=O)c1nnc(-c2ccc([N+](=O)[O-])cc2)o1. The van der Waals surface area contributed by atoms with Gasteiger partial charge < -0.3 is 9.15 Å². The van der Waals surface area contributed by atoms with Gasteiger partial charge in [0.05, 0.1) is 22.4 Å². The Bertz CT molecular complexity index is 1190. The Balaban J connectivity index is 1.75. The van der Waals surface area contributed by atoms with Gasteiger partial charge in [-0.1, -0.05) is 12.1 Å². The predicted octanol–water partition coefficient (Wildman–Crippen LogP) is 2.93. The number of aromatic nitrogens is 2. The van der Waals surface area contributed by atoms with E-state index in [-0.39, 0.29) is 28.7 Å². The molecule has 0 saturated heterocycles. The lowest BCUT2D eigenvalue weighted by molar-refractivity contribution is -0.384. The van der Waals surface area contributed by atoms with Crippen molar-refractivity contribution in [3.8, 4) is 11.5 Å². The Morgan fingerprint density at radius 1 is 1.17 bits per heavy atom. The zero-order chi connectivity index (χ0) is 21.9. The summed E-state index contributed by atoms with van der Waals surface area (Å²) < 4.78 is 36.0. The molecule has 1 atom stereocenters. The number of nitrogens with zero attached hydrogens (tertiary/aromatic N) is 3. The minimum atomic E-state index is -3.59. The van der Waals surface area contributed by atoms with Crippen LogP contribution in [0, 0.1) is 10.1 Å². The van der Waals surface area contributed by atoms with E-state index in [9.17, 15) is 23.3 Å². The Kier molecular flexibility index (Phi) is 5.78. The van der Waals surface area contributed by atoms with Gasteiger partial charge in [0.15, 0.2) is 6.10 Å². The van der Waals surface area contributed by atoms with E-state index < -0.39 is 27.0 Å². The number of carbonyl (C=O) groups excluding carboxylic acids is 1. The van der Waals surface area contributed by atoms with Gasteiger partial charge in [-0.3, -0.25) is 14.8 Å². The highest BCUT2D eigenvalue weighted by Gasteiger charge is 2.22. The molecule has 3 aromatic rings. The summed E-state index contributed by atoms with van der Waals surface area (Å²) in [6, 6.07) is 11.5. The number of carbonyl (C=O) groups is 1. The van der Waals surface area contributed by atoms with Crippen molar-refractivity contribution >= 4 is 27.4 Å². The first-order chi connectivity index (χ1) is 14.1. The quantitative estimate of drug-likeness (QED) is 0.337. The summed E-state index contributed by atoms with van der Waals surface area (Å²) in [7, 11) is -3.59. The second-order valence-corrected chi connectivity index (χ2v) is 7.97. The summed E-state index contributed by atoms with van der Waals surface area (Å²) in [6.07, 6.45) is 0.0405. The fraction of sp³-hybridized carbons (Fsp3) is 0.167. The maximum atomic E-state index is 12.5. The highest BCUT2D eigenvalue weighted by Crippen LogP contribution is 2.26. The number of benzene rings is 2. The molecule has 1 unspecified atom stereocenters. The van der Waals surface area contributed by atoms with Crippen molar-refractivity contribution in [3.05, 3.63) is 70.1 Å². The number of hydrogen-bond donors (Lipinski definition) is 1. The first-order valence-corrected chi connectivity index (χ1v) is 10.4. The molecule has 0 aliphatic heterocycles. The molecule has 0 spiro atoms. The smallest absolute Gasteiger partial charge is 0.341 e. The molecule has 1 heterocycles. The number of nitro groups is 1. The molecule has 1 aromatic heterocycles. The van der Waals surface area contributed by atoms with E-state index in [0.29, 0.717) is 5.56 Å². The minimum absolute atomic E-state index is 0.00487. The summed E-state index contributed by atoms with van der Waals surface area (Å²) in [5.41, 5.74) is 0.474. The van der Waals surface area contributed by atoms with E-state index in [1.54, 1.807) is 12.1 Å². The summed E-state index contributed by atoms with van der Waals surface area (Å²) in [6.45, 7) is 1.51. The average Bonchev–Trinajstić information content (AvgIpc) is 3.17. The number of nitrogens with one attached hydrogen (secondary N) is 1. The Labute approximate surface area is 170 Å². The van der Waals surface area contributed by atoms with E-state index in [1.807, 2.05) is 0 Å². The third-order valence-electron chi connectivity index (χ3n) is 3.84. The van der Waals surface area contributed by atoms with Crippen molar-refractivity contribution in [1.82, 2.24) is 10.2 Å². The topological polar surface area (TPSA) is 155 Å². The average molecular weight is 432 g/mol. The highest BCUT2D eigenvalue weighted by molar-refractivity contribution is 7.92. The Hall–Kier alpha value is -3.80. The second kappa shape index (κ2) is 8.29. The molecular weight excluding hydrogens is 416 g/mol. The summed E-state index contributed by atoms with van der Waals surface area (Å²) in [5, 5.41) is 18.4. The van der Waals surface area contributed by atoms with E-state index >= 15 is 0 Å². The van der Waals surface area contributed by atoms with Crippen molar-refractivity contribution < 1.29 is 27.3 Å². The fourth-order valence-electron chi connectivity index (χ4n) is 2.47. The van der Waals surface area contributed by atoms with Crippen LogP contribution in [0.1, 0.15) is 29.3 Å². The van der Waals surface area contributed by atoms with Crippen LogP contribution in [0.15, 0.2) is 52.9 Å². The highest BCUT2D eigenvalue weighted by atomic mass is 32.2. The molecule has 0 saturated carbocycles. The third kappa shape index (κ3) is 4.97. The standard InChI is InChI=1S/C18H16N4O7S/c1-11(28-18(23)14-5-3-4-6-15(14)21-30(2,26)27)16-19-20-17(29-16)12-7-9-13(10-8-12)22(24)25/h3-11,21H,1-2H3. The second-order valence-electron chi connectivity index (χ2n) is 6.22. The molecule has 0 aliphatic carbocycles. The largest absolute Gasteiger partial charge is 0.449 e. The van der Waals surface area contributed by atoms with E-state index in [1.165, 1.54) is 43.3 Å². The maximum absolute atomic E-state index is 12.5. The van der Waals surface area contributed by atoms with Crippen molar-refractivity contribution in [2.75, 3.05) is 11.0 Å². The van der Waals surface area contributed by atoms with Crippen LogP contribution in [0.5, 0.6) is 0 Å². The number of esters is 1. The van der Waals surface area contributed by atoms with Gasteiger partial charge in [0.25, 0.3) is 11.6 Å². The number of sulfonamides is 1. The van der Waals surface area contributed by atoms with Gasteiger partial charge in [0.2, 0.25) is 15.9 Å². The van der Waals surface area contributed by atoms with Crippen LogP contribution in [0.4, 0.5) is 11.4 Å². The van der Waals surface area contributed by atoms with Gasteiger partial charge >= 0.3 is 5.97 Å². The molecule has 0 aliphatic rings. The summed E-state index contributed by atoms with van der Waals surface area (Å²) >= 11 is 0. The summed E-state index contributed by atoms with van der Waals surface area (Å²) in [4.78, 5) is 22.7. The van der Waals surface area contributed by atoms with Gasteiger partial charge in [0.1, 0.15) is 0 Å². The molecule has 1 N–H and O–H groups in total. The van der Waals surface area contributed by atoms with Crippen molar-refractivity contribution in [2.45, 2.75) is 13.0 Å². The van der Waals surface area contributed by atoms with Crippen LogP contribution in [0.25, 0.3) is 11.5 Å². The van der Waals surface area contributed by atoms with E-state index in [2.05, 4.69) is 14.9 Å². The molecule has 0 amide bonds. The number of non-ortho nitro benzene ring substituents is 1. The number of nitro benzene ring substituents is 1. The van der Waals surface area contributed by atoms with Crippen LogP contribution < -0.4 is 4.72 Å². The van der Waals surface area contributed by atoms with Gasteiger partial charge in [-0.15, -0.1) is 10.2 Å². The van der Waals surface area contributed by atoms with Crippen molar-refractivity contribution in [3.63, 3.8) is 0 Å². The first kappa shape index (κ1) is 20.9. The fourth-order valence-corrected chi connectivity index (χ4v) is 3.04. The van der Waals surface area contributed by atoms with Gasteiger partial charge in [-0.25, -0.2) is 13.2 Å². The maximum Gasteiger partial charge on any atom is 0.341 e. The molecular formula is C18H16N4O7S. The number of anilines is 1. The molecule has 0 radical (unpaired) electrons. The lowest BCUT2D eigenvalue weighted by Crippen LogP contribution is -2.15. The van der Waals surface area contributed by atoms with Crippen LogP contribution in [0.2, 0.25) is 0 Å². The lowest BCUT2D eigenvalue weighted by atomic mass is 10.2. The van der Waals surface area contributed by atoms with Gasteiger partial charge in [0, 0.05) is 17.7 Å². The normalized spacial score (nSPS) is 12.2. The molecule has 0 bridgehead atoms. The van der Waals surface area contributed by atoms with Crippen LogP contribution in [0.3, 0.4) is 0 Å². The Morgan fingerprint density at radius 3 is 2.47 bits per heavy atom. The zero-order valence-electron chi connectivity index (χ0n) is 15.8. The van der Waals surface area contributed by atoms with E-state index in [4.69, 9.17) is 9.15 Å². The molecule has 12 heteroatoms. The molecule has 2 aromatic carbocycles. The minimum Gasteiger partial charge on any atom is -0.449 e. The third-order valence-corrected chi connectivity index (χ3v) is 4.43. The molecule has 156 valence electrons. The lowest BCUT2D eigenvalue weighted by Gasteiger charge is -2.12. The molecule has 0 fully saturated rings. The number of hydrogen-bond acceptors (Lipinski definition) is 9. The van der Waals surface area contributed by atoms with Crippen molar-refractivity contribution in [1.29, 1.82) is 0 Å². The molecule has 3 rings (SSSR count). The number of ether oxygens (including phenoxy) is 1. The van der Waals surface area contributed by atoms with Crippen LogP contribution >= 0.6 is 0 Å². The predicted molar refractivity (Wildman–Crippen MR) is 105 cm³/mol. The van der Waals surface area contributed by atoms with Gasteiger partial charge in [-0.05, 0) is 31.2 Å². The first-order valence-electron chi connectivity index (χ1n) is 8.50. The number of rotatable bonds is 7. The van der Waals surface area contributed by atoms with E-state index in [0.717, 1.165) is 6.26 Å². The zero-order valence-corrected chi connectivity index (χ0v) is 16.6. The monoisotopic (exact) mass is 432 g/mol. The Morgan fingerprint density at radius 2 is 1.83 bits per heavy atom. The molecule has 11 nitrogen and oxygen atoms in total. The van der Waals surface area contributed by atoms with Gasteiger partial charge in [-0.2, -0.15) is 0 Å².